The standard InChI is InChI=1S/C8H16N2O2S.Na.H2O4S.H/c1-6(11)9-4-3-8(13)5-10-7(2)12;;1-5(2,3)4;/h8,13H,3-5H2,1-2H3,(H,9,11)(H,10,12);;(H2,1,2,3,4);/q;+1;;-1. The fourth-order valence-corrected chi connectivity index (χ4v) is 0.999. The first kappa shape index (κ1) is 24.2. The minimum absolute atomic E-state index is 0. The van der Waals surface area contributed by atoms with Crippen LogP contribution >= 0.6 is 12.6 Å². The van der Waals surface area contributed by atoms with E-state index in [1.54, 1.807) is 0 Å². The van der Waals surface area contributed by atoms with Crippen molar-refractivity contribution in [2.45, 2.75) is 25.5 Å². The van der Waals surface area contributed by atoms with Crippen LogP contribution in [-0.4, -0.2) is 47.7 Å². The van der Waals surface area contributed by atoms with Crippen molar-refractivity contribution < 1.29 is 58.1 Å². The molecule has 0 rings (SSSR count). The van der Waals surface area contributed by atoms with Crippen molar-refractivity contribution in [3.63, 3.8) is 0 Å². The third-order valence-corrected chi connectivity index (χ3v) is 1.88. The van der Waals surface area contributed by atoms with Gasteiger partial charge < -0.3 is 12.1 Å². The summed E-state index contributed by atoms with van der Waals surface area (Å²) in [6.07, 6.45) is 0.753. The van der Waals surface area contributed by atoms with Gasteiger partial charge in [-0.3, -0.25) is 18.7 Å². The maximum Gasteiger partial charge on any atom is 1.00 e. The fourth-order valence-electron chi connectivity index (χ4n) is 0.778. The largest absolute Gasteiger partial charge is 1.00 e. The second kappa shape index (κ2) is 13.2. The Kier molecular flexibility index (Phi) is 16.8. The van der Waals surface area contributed by atoms with Crippen LogP contribution in [0.4, 0.5) is 0 Å². The number of nitrogens with one attached hydrogen (secondary N) is 2. The predicted octanol–water partition coefficient (Wildman–Crippen LogP) is -3.59. The van der Waals surface area contributed by atoms with Gasteiger partial charge in [0.15, 0.2) is 0 Å². The summed E-state index contributed by atoms with van der Waals surface area (Å²) >= 11 is 4.24. The molecule has 0 radical (unpaired) electrons. The van der Waals surface area contributed by atoms with E-state index in [2.05, 4.69) is 23.3 Å². The Morgan fingerprint density at radius 3 is 1.89 bits per heavy atom. The van der Waals surface area contributed by atoms with Gasteiger partial charge in [-0.1, -0.05) is 0 Å². The Balaban J connectivity index is -0.000000158. The molecule has 0 spiro atoms. The summed E-state index contributed by atoms with van der Waals surface area (Å²) in [7, 11) is -4.67. The molecule has 0 saturated heterocycles. The van der Waals surface area contributed by atoms with Crippen molar-refractivity contribution in [3.05, 3.63) is 0 Å². The summed E-state index contributed by atoms with van der Waals surface area (Å²) in [5.41, 5.74) is 0. The van der Waals surface area contributed by atoms with Crippen LogP contribution in [0.5, 0.6) is 0 Å². The number of carbonyl (C=O) groups is 2. The normalized spacial score (nSPS) is 11.2. The third-order valence-electron chi connectivity index (χ3n) is 1.44. The summed E-state index contributed by atoms with van der Waals surface area (Å²) < 4.78 is 31.6. The molecule has 0 saturated carbocycles. The smallest absolute Gasteiger partial charge is 1.00 e. The topological polar surface area (TPSA) is 133 Å². The van der Waals surface area contributed by atoms with Crippen molar-refractivity contribution in [2.75, 3.05) is 13.1 Å². The molecule has 0 aromatic carbocycles. The van der Waals surface area contributed by atoms with E-state index in [1.807, 2.05) is 0 Å². The molecule has 110 valence electrons. The molecule has 1 atom stereocenters. The van der Waals surface area contributed by atoms with E-state index in [1.165, 1.54) is 13.8 Å². The minimum atomic E-state index is -4.67. The average Bonchev–Trinajstić information content (AvgIpc) is 2.11. The zero-order chi connectivity index (χ0) is 14.8. The van der Waals surface area contributed by atoms with Crippen molar-refractivity contribution in [1.82, 2.24) is 10.6 Å². The van der Waals surface area contributed by atoms with Crippen LogP contribution in [0.15, 0.2) is 0 Å². The first-order valence-corrected chi connectivity index (χ1v) is 6.80. The number of rotatable bonds is 5. The second-order valence-electron chi connectivity index (χ2n) is 3.31. The van der Waals surface area contributed by atoms with Gasteiger partial charge in [-0.15, -0.1) is 0 Å². The molecule has 8 nitrogen and oxygen atoms in total. The van der Waals surface area contributed by atoms with Crippen molar-refractivity contribution in [2.24, 2.45) is 0 Å². The summed E-state index contributed by atoms with van der Waals surface area (Å²) in [5, 5.41) is 5.41. The first-order valence-electron chi connectivity index (χ1n) is 4.89. The molecule has 1 unspecified atom stereocenters. The molecule has 0 bridgehead atoms. The molecule has 0 fully saturated rings. The van der Waals surface area contributed by atoms with E-state index < -0.39 is 10.4 Å². The summed E-state index contributed by atoms with van der Waals surface area (Å²) in [5.74, 6) is -0.0985. The van der Waals surface area contributed by atoms with Crippen LogP contribution in [0.1, 0.15) is 21.7 Å². The molecule has 2 amide bonds. The van der Waals surface area contributed by atoms with Crippen LogP contribution in [0, 0.1) is 0 Å². The van der Waals surface area contributed by atoms with Gasteiger partial charge in [-0.05, 0) is 6.42 Å². The van der Waals surface area contributed by atoms with Gasteiger partial charge in [0.05, 0.1) is 0 Å². The fraction of sp³-hybridized carbons (Fsp3) is 0.750. The van der Waals surface area contributed by atoms with Crippen molar-refractivity contribution in [1.29, 1.82) is 0 Å². The number of thiol groups is 1. The molecule has 19 heavy (non-hydrogen) atoms. The quantitative estimate of drug-likeness (QED) is 0.201. The summed E-state index contributed by atoms with van der Waals surface area (Å²) in [6.45, 7) is 4.08. The van der Waals surface area contributed by atoms with Gasteiger partial charge in [0.2, 0.25) is 11.8 Å². The minimum Gasteiger partial charge on any atom is -1.00 e. The van der Waals surface area contributed by atoms with Gasteiger partial charge in [0, 0.05) is 32.2 Å². The monoisotopic (exact) mass is 326 g/mol. The van der Waals surface area contributed by atoms with E-state index in [-0.39, 0.29) is 48.0 Å². The Labute approximate surface area is 141 Å². The Morgan fingerprint density at radius 1 is 1.21 bits per heavy atom. The maximum absolute atomic E-state index is 10.5. The van der Waals surface area contributed by atoms with E-state index in [0.717, 1.165) is 6.42 Å². The molecule has 0 aromatic rings. The third kappa shape index (κ3) is 38.1. The van der Waals surface area contributed by atoms with Crippen molar-refractivity contribution >= 4 is 34.8 Å². The van der Waals surface area contributed by atoms with Crippen LogP contribution in [0.25, 0.3) is 0 Å². The van der Waals surface area contributed by atoms with Crippen LogP contribution < -0.4 is 40.2 Å². The number of hydrogen-bond acceptors (Lipinski definition) is 5. The van der Waals surface area contributed by atoms with Gasteiger partial charge >= 0.3 is 40.0 Å². The SMILES string of the molecule is CC(=O)NCCC(S)CNC(C)=O.O=S(=O)(O)O.[H-].[Na+]. The zero-order valence-electron chi connectivity index (χ0n) is 12.1. The molecule has 0 aliphatic heterocycles. The van der Waals surface area contributed by atoms with Crippen LogP contribution in [-0.2, 0) is 20.0 Å². The molecule has 0 heterocycles. The molecule has 0 aliphatic rings. The van der Waals surface area contributed by atoms with Gasteiger partial charge in [0.25, 0.3) is 0 Å². The van der Waals surface area contributed by atoms with Crippen LogP contribution in [0.2, 0.25) is 0 Å². The van der Waals surface area contributed by atoms with Crippen molar-refractivity contribution in [3.8, 4) is 0 Å². The van der Waals surface area contributed by atoms with E-state index in [9.17, 15) is 9.59 Å². The number of carbonyl (C=O) groups excluding carboxylic acids is 2. The Morgan fingerprint density at radius 2 is 1.58 bits per heavy atom. The maximum atomic E-state index is 10.5. The second-order valence-corrected chi connectivity index (χ2v) is 4.94. The van der Waals surface area contributed by atoms with Gasteiger partial charge in [-0.2, -0.15) is 21.0 Å². The molecular weight excluding hydrogens is 307 g/mol. The molecule has 4 N–H and O–H groups in total. The van der Waals surface area contributed by atoms with E-state index >= 15 is 0 Å². The van der Waals surface area contributed by atoms with Crippen LogP contribution in [0.3, 0.4) is 0 Å². The van der Waals surface area contributed by atoms with Gasteiger partial charge in [-0.25, -0.2) is 0 Å². The van der Waals surface area contributed by atoms with E-state index in [0.29, 0.717) is 13.1 Å². The predicted molar refractivity (Wildman–Crippen MR) is 70.0 cm³/mol. The number of hydrogen-bond donors (Lipinski definition) is 5. The average molecular weight is 326 g/mol. The Hall–Kier alpha value is 0.160. The molecular formula is C8H19N2NaO6S2. The zero-order valence-corrected chi connectivity index (χ0v) is 14.8. The molecule has 0 aliphatic carbocycles. The molecule has 11 heteroatoms. The summed E-state index contributed by atoms with van der Waals surface area (Å²) in [6, 6.07) is 0. The van der Waals surface area contributed by atoms with E-state index in [4.69, 9.17) is 17.5 Å². The number of amides is 2. The van der Waals surface area contributed by atoms with Gasteiger partial charge in [0.1, 0.15) is 0 Å². The molecule has 0 aromatic heterocycles. The Bertz CT molecular complexity index is 360. The summed E-state index contributed by atoms with van der Waals surface area (Å²) in [4.78, 5) is 21.0. The first-order chi connectivity index (χ1) is 8.02.